The second kappa shape index (κ2) is 5.91. The van der Waals surface area contributed by atoms with Crippen molar-refractivity contribution in [3.8, 4) is 0 Å². The zero-order valence-electron chi connectivity index (χ0n) is 11.1. The largest absolute Gasteiger partial charge is 0.481 e. The van der Waals surface area contributed by atoms with Crippen LogP contribution >= 0.6 is 11.6 Å². The van der Waals surface area contributed by atoms with E-state index in [1.807, 2.05) is 20.8 Å². The Morgan fingerprint density at radius 2 is 1.61 bits per heavy atom. The predicted octanol–water partition coefficient (Wildman–Crippen LogP) is 3.03. The number of esters is 1. The molecule has 0 aromatic carbocycles. The summed E-state index contributed by atoms with van der Waals surface area (Å²) in [5.74, 6) is -1.59. The highest BCUT2D eigenvalue weighted by molar-refractivity contribution is 6.20. The fourth-order valence-corrected chi connectivity index (χ4v) is 2.04. The number of rotatable bonds is 3. The Morgan fingerprint density at radius 1 is 1.17 bits per heavy atom. The minimum atomic E-state index is -0.772. The standard InChI is InChI=1S/C13H21ClO4/c1-13(2,3)12(14)18-11(17)9-6-4-8(5-7-9)10(15)16/h8-9,12H,4-7H2,1-3H3,(H,15,16)/t8-,9-,12?. The van der Waals surface area contributed by atoms with Gasteiger partial charge in [0.15, 0.2) is 5.56 Å². The molecule has 1 aliphatic carbocycles. The number of aliphatic carboxylic acids is 1. The van der Waals surface area contributed by atoms with Crippen molar-refractivity contribution >= 4 is 23.5 Å². The number of carboxylic acid groups (broad SMARTS) is 1. The molecule has 1 rings (SSSR count). The third kappa shape index (κ3) is 4.16. The van der Waals surface area contributed by atoms with Crippen molar-refractivity contribution in [3.63, 3.8) is 0 Å². The Bertz CT molecular complexity index is 313. The normalized spacial score (nSPS) is 26.4. The van der Waals surface area contributed by atoms with Crippen molar-refractivity contribution in [2.75, 3.05) is 0 Å². The highest BCUT2D eigenvalue weighted by atomic mass is 35.5. The van der Waals surface area contributed by atoms with E-state index in [0.29, 0.717) is 25.7 Å². The molecule has 0 radical (unpaired) electrons. The van der Waals surface area contributed by atoms with Gasteiger partial charge >= 0.3 is 11.9 Å². The molecule has 1 atom stereocenters. The van der Waals surface area contributed by atoms with Crippen molar-refractivity contribution in [1.82, 2.24) is 0 Å². The summed E-state index contributed by atoms with van der Waals surface area (Å²) in [7, 11) is 0. The molecular formula is C13H21ClO4. The molecule has 1 aliphatic rings. The second-order valence-electron chi connectivity index (χ2n) is 6.01. The summed E-state index contributed by atoms with van der Waals surface area (Å²) in [4.78, 5) is 22.7. The van der Waals surface area contributed by atoms with Crippen LogP contribution in [0.2, 0.25) is 0 Å². The Balaban J connectivity index is 2.43. The van der Waals surface area contributed by atoms with Gasteiger partial charge in [-0.05, 0) is 25.7 Å². The van der Waals surface area contributed by atoms with Gasteiger partial charge in [-0.2, -0.15) is 0 Å². The summed E-state index contributed by atoms with van der Waals surface area (Å²) in [6.07, 6.45) is 2.22. The lowest BCUT2D eigenvalue weighted by molar-refractivity contribution is -0.157. The number of carbonyl (C=O) groups excluding carboxylic acids is 1. The third-order valence-electron chi connectivity index (χ3n) is 3.31. The summed E-state index contributed by atoms with van der Waals surface area (Å²) in [5, 5.41) is 8.88. The average Bonchev–Trinajstić information content (AvgIpc) is 2.27. The minimum absolute atomic E-state index is 0.204. The molecule has 0 heterocycles. The molecule has 18 heavy (non-hydrogen) atoms. The zero-order valence-corrected chi connectivity index (χ0v) is 11.9. The number of alkyl halides is 1. The van der Waals surface area contributed by atoms with E-state index < -0.39 is 11.5 Å². The van der Waals surface area contributed by atoms with Crippen LogP contribution in [-0.2, 0) is 14.3 Å². The number of carboxylic acids is 1. The Labute approximate surface area is 113 Å². The van der Waals surface area contributed by atoms with Gasteiger partial charge in [0.05, 0.1) is 11.8 Å². The van der Waals surface area contributed by atoms with E-state index in [0.717, 1.165) is 0 Å². The highest BCUT2D eigenvalue weighted by Crippen LogP contribution is 2.32. The van der Waals surface area contributed by atoms with Crippen molar-refractivity contribution in [2.45, 2.75) is 52.0 Å². The van der Waals surface area contributed by atoms with E-state index in [4.69, 9.17) is 21.4 Å². The van der Waals surface area contributed by atoms with E-state index in [-0.39, 0.29) is 23.2 Å². The lowest BCUT2D eigenvalue weighted by Crippen LogP contribution is -2.32. The van der Waals surface area contributed by atoms with Crippen LogP contribution in [0.4, 0.5) is 0 Å². The summed E-state index contributed by atoms with van der Waals surface area (Å²) in [6.45, 7) is 5.71. The summed E-state index contributed by atoms with van der Waals surface area (Å²) < 4.78 is 5.23. The molecule has 0 aromatic heterocycles. The van der Waals surface area contributed by atoms with Crippen LogP contribution in [0.1, 0.15) is 46.5 Å². The summed E-state index contributed by atoms with van der Waals surface area (Å²) in [6, 6.07) is 0. The van der Waals surface area contributed by atoms with Crippen molar-refractivity contribution in [1.29, 1.82) is 0 Å². The molecule has 104 valence electrons. The van der Waals surface area contributed by atoms with E-state index in [9.17, 15) is 9.59 Å². The van der Waals surface area contributed by atoms with Gasteiger partial charge in [-0.3, -0.25) is 9.59 Å². The maximum atomic E-state index is 11.9. The monoisotopic (exact) mass is 276 g/mol. The molecule has 1 saturated carbocycles. The number of hydrogen-bond donors (Lipinski definition) is 1. The van der Waals surface area contributed by atoms with E-state index >= 15 is 0 Å². The topological polar surface area (TPSA) is 63.6 Å². The number of ether oxygens (including phenoxy) is 1. The lowest BCUT2D eigenvalue weighted by atomic mass is 9.82. The Kier molecular flexibility index (Phi) is 5.02. The van der Waals surface area contributed by atoms with Crippen molar-refractivity contribution in [2.24, 2.45) is 17.3 Å². The summed E-state index contributed by atoms with van der Waals surface area (Å²) >= 11 is 6.01. The van der Waals surface area contributed by atoms with Gasteiger partial charge in [-0.1, -0.05) is 32.4 Å². The average molecular weight is 277 g/mol. The first kappa shape index (κ1) is 15.3. The zero-order chi connectivity index (χ0) is 13.9. The Hall–Kier alpha value is -0.770. The predicted molar refractivity (Wildman–Crippen MR) is 68.3 cm³/mol. The van der Waals surface area contributed by atoms with E-state index in [1.165, 1.54) is 0 Å². The van der Waals surface area contributed by atoms with Crippen molar-refractivity contribution in [3.05, 3.63) is 0 Å². The van der Waals surface area contributed by atoms with Crippen molar-refractivity contribution < 1.29 is 19.4 Å². The van der Waals surface area contributed by atoms with Crippen LogP contribution in [-0.4, -0.2) is 22.6 Å². The van der Waals surface area contributed by atoms with Crippen LogP contribution in [0.3, 0.4) is 0 Å². The maximum Gasteiger partial charge on any atom is 0.310 e. The molecule has 0 spiro atoms. The van der Waals surface area contributed by atoms with Gasteiger partial charge < -0.3 is 9.84 Å². The number of carbonyl (C=O) groups is 2. The van der Waals surface area contributed by atoms with Gasteiger partial charge in [-0.15, -0.1) is 0 Å². The molecule has 1 fully saturated rings. The van der Waals surface area contributed by atoms with Crippen LogP contribution in [0.5, 0.6) is 0 Å². The molecular weight excluding hydrogens is 256 g/mol. The molecule has 1 unspecified atom stereocenters. The smallest absolute Gasteiger partial charge is 0.310 e. The molecule has 1 N–H and O–H groups in total. The number of halogens is 1. The molecule has 4 nitrogen and oxygen atoms in total. The first-order valence-electron chi connectivity index (χ1n) is 6.29. The fraction of sp³-hybridized carbons (Fsp3) is 0.846. The highest BCUT2D eigenvalue weighted by Gasteiger charge is 2.33. The Morgan fingerprint density at radius 3 is 2.00 bits per heavy atom. The van der Waals surface area contributed by atoms with Gasteiger partial charge in [0.2, 0.25) is 0 Å². The van der Waals surface area contributed by atoms with Crippen LogP contribution in [0.15, 0.2) is 0 Å². The fourth-order valence-electron chi connectivity index (χ4n) is 1.95. The SMILES string of the molecule is CC(C)(C)C(Cl)OC(=O)[C@H]1CC[C@H](C(=O)O)CC1. The first-order chi connectivity index (χ1) is 8.21. The van der Waals surface area contributed by atoms with Crippen LogP contribution in [0.25, 0.3) is 0 Å². The first-order valence-corrected chi connectivity index (χ1v) is 6.73. The molecule has 0 amide bonds. The van der Waals surface area contributed by atoms with Gasteiger partial charge in [0, 0.05) is 5.41 Å². The van der Waals surface area contributed by atoms with Gasteiger partial charge in [0.25, 0.3) is 0 Å². The van der Waals surface area contributed by atoms with Crippen LogP contribution < -0.4 is 0 Å². The summed E-state index contributed by atoms with van der Waals surface area (Å²) in [5.41, 5.74) is -0.947. The molecule has 0 saturated heterocycles. The number of hydrogen-bond acceptors (Lipinski definition) is 3. The second-order valence-corrected chi connectivity index (χ2v) is 6.40. The van der Waals surface area contributed by atoms with Gasteiger partial charge in [-0.25, -0.2) is 0 Å². The molecule has 5 heteroatoms. The maximum absolute atomic E-state index is 11.9. The van der Waals surface area contributed by atoms with Crippen LogP contribution in [0, 0.1) is 17.3 Å². The molecule has 0 bridgehead atoms. The molecule has 0 aromatic rings. The van der Waals surface area contributed by atoms with E-state index in [1.54, 1.807) is 0 Å². The quantitative estimate of drug-likeness (QED) is 0.636. The minimum Gasteiger partial charge on any atom is -0.481 e. The third-order valence-corrected chi connectivity index (χ3v) is 4.05. The van der Waals surface area contributed by atoms with Gasteiger partial charge in [0.1, 0.15) is 0 Å². The lowest BCUT2D eigenvalue weighted by Gasteiger charge is -2.29. The van der Waals surface area contributed by atoms with E-state index in [2.05, 4.69) is 0 Å². The molecule has 0 aliphatic heterocycles.